The summed E-state index contributed by atoms with van der Waals surface area (Å²) in [5, 5.41) is 15.0. The minimum atomic E-state index is -0.206. The van der Waals surface area contributed by atoms with Crippen LogP contribution in [0.4, 0.5) is 0 Å². The lowest BCUT2D eigenvalue weighted by Crippen LogP contribution is -2.24. The van der Waals surface area contributed by atoms with E-state index < -0.39 is 0 Å². The van der Waals surface area contributed by atoms with Crippen molar-refractivity contribution < 1.29 is 4.79 Å². The molecule has 0 saturated carbocycles. The molecule has 4 aromatic rings. The zero-order valence-electron chi connectivity index (χ0n) is 12.8. The van der Waals surface area contributed by atoms with Crippen molar-refractivity contribution in [1.29, 1.82) is 0 Å². The van der Waals surface area contributed by atoms with Gasteiger partial charge in [0, 0.05) is 24.3 Å². The number of nitrogens with zero attached hydrogens (tertiary/aromatic N) is 3. The van der Waals surface area contributed by atoms with Gasteiger partial charge in [-0.15, -0.1) is 0 Å². The third-order valence-electron chi connectivity index (χ3n) is 3.87. The van der Waals surface area contributed by atoms with Crippen LogP contribution in [0, 0.1) is 0 Å². The van der Waals surface area contributed by atoms with E-state index in [0.717, 1.165) is 22.2 Å². The van der Waals surface area contributed by atoms with E-state index in [1.807, 2.05) is 60.8 Å². The molecule has 2 aromatic carbocycles. The van der Waals surface area contributed by atoms with Crippen molar-refractivity contribution in [2.75, 3.05) is 0 Å². The number of fused-ring (bicyclic) bond motifs is 1. The van der Waals surface area contributed by atoms with Crippen molar-refractivity contribution in [1.82, 2.24) is 25.3 Å². The number of carbonyl (C=O) groups excluding carboxylic acids is 1. The van der Waals surface area contributed by atoms with E-state index in [-0.39, 0.29) is 5.91 Å². The topological polar surface area (TPSA) is 75.6 Å². The number of carbonyl (C=O) groups is 1. The monoisotopic (exact) mass is 317 g/mol. The highest BCUT2D eigenvalue weighted by molar-refractivity contribution is 6.04. The van der Waals surface area contributed by atoms with E-state index in [1.165, 1.54) is 0 Å². The van der Waals surface area contributed by atoms with Crippen LogP contribution >= 0.6 is 0 Å². The Hall–Kier alpha value is -3.41. The summed E-state index contributed by atoms with van der Waals surface area (Å²) >= 11 is 0. The Bertz CT molecular complexity index is 988. The Morgan fingerprint density at radius 3 is 2.79 bits per heavy atom. The molecule has 2 N–H and O–H groups in total. The number of benzene rings is 2. The summed E-state index contributed by atoms with van der Waals surface area (Å²) in [6.07, 6.45) is 3.60. The normalized spacial score (nSPS) is 10.8. The number of nitrogens with one attached hydrogen (secondary N) is 2. The van der Waals surface area contributed by atoms with E-state index in [9.17, 15) is 4.79 Å². The molecule has 0 unspecified atom stereocenters. The Morgan fingerprint density at radius 2 is 1.92 bits per heavy atom. The van der Waals surface area contributed by atoms with Gasteiger partial charge in [0.2, 0.25) is 0 Å². The number of rotatable bonds is 4. The second kappa shape index (κ2) is 6.00. The largest absolute Gasteiger partial charge is 0.346 e. The van der Waals surface area contributed by atoms with Crippen LogP contribution in [0.25, 0.3) is 16.6 Å². The van der Waals surface area contributed by atoms with E-state index in [1.54, 1.807) is 10.9 Å². The molecule has 6 nitrogen and oxygen atoms in total. The van der Waals surface area contributed by atoms with Crippen LogP contribution < -0.4 is 5.32 Å². The van der Waals surface area contributed by atoms with Crippen molar-refractivity contribution in [2.45, 2.75) is 6.54 Å². The fourth-order valence-electron chi connectivity index (χ4n) is 2.69. The number of hydrogen-bond acceptors (Lipinski definition) is 3. The maximum Gasteiger partial charge on any atom is 0.272 e. The molecule has 0 fully saturated rings. The molecule has 0 spiro atoms. The molecule has 1 amide bonds. The Morgan fingerprint density at radius 1 is 1.08 bits per heavy atom. The molecule has 4 rings (SSSR count). The lowest BCUT2D eigenvalue weighted by molar-refractivity contribution is 0.0947. The van der Waals surface area contributed by atoms with Crippen LogP contribution in [0.15, 0.2) is 67.0 Å². The summed E-state index contributed by atoms with van der Waals surface area (Å²) in [4.78, 5) is 12.5. The Balaban J connectivity index is 1.56. The third kappa shape index (κ3) is 2.54. The number of aromatic nitrogens is 4. The third-order valence-corrected chi connectivity index (χ3v) is 3.87. The lowest BCUT2D eigenvalue weighted by Gasteiger charge is -2.10. The minimum absolute atomic E-state index is 0.206. The molecule has 0 saturated heterocycles. The molecular formula is C18H15N5O. The molecule has 0 aliphatic heterocycles. The molecule has 2 heterocycles. The summed E-state index contributed by atoms with van der Waals surface area (Å²) in [6, 6.07) is 17.3. The van der Waals surface area contributed by atoms with Gasteiger partial charge in [-0.3, -0.25) is 9.89 Å². The predicted octanol–water partition coefficient (Wildman–Crippen LogP) is 2.68. The molecule has 0 aliphatic carbocycles. The van der Waals surface area contributed by atoms with Crippen molar-refractivity contribution in [2.24, 2.45) is 0 Å². The maximum absolute atomic E-state index is 12.5. The fourth-order valence-corrected chi connectivity index (χ4v) is 2.69. The number of H-pyrrole nitrogens is 1. The number of para-hydroxylation sites is 2. The number of amides is 1. The van der Waals surface area contributed by atoms with Crippen LogP contribution in [0.2, 0.25) is 0 Å². The van der Waals surface area contributed by atoms with Gasteiger partial charge in [0.1, 0.15) is 0 Å². The second-order valence-corrected chi connectivity index (χ2v) is 5.38. The first-order chi connectivity index (χ1) is 11.8. The summed E-state index contributed by atoms with van der Waals surface area (Å²) in [5.74, 6) is -0.206. The smallest absolute Gasteiger partial charge is 0.272 e. The van der Waals surface area contributed by atoms with Crippen molar-refractivity contribution >= 4 is 16.8 Å². The fraction of sp³-hybridized carbons (Fsp3) is 0.0556. The van der Waals surface area contributed by atoms with Gasteiger partial charge in [0.25, 0.3) is 5.91 Å². The minimum Gasteiger partial charge on any atom is -0.346 e. The van der Waals surface area contributed by atoms with Crippen molar-refractivity contribution in [3.05, 3.63) is 78.2 Å². The molecule has 0 radical (unpaired) electrons. The summed E-state index contributed by atoms with van der Waals surface area (Å²) in [7, 11) is 0. The molecular weight excluding hydrogens is 302 g/mol. The van der Waals surface area contributed by atoms with Gasteiger partial charge < -0.3 is 5.32 Å². The summed E-state index contributed by atoms with van der Waals surface area (Å²) < 4.78 is 1.78. The summed E-state index contributed by atoms with van der Waals surface area (Å²) in [6.45, 7) is 0.399. The van der Waals surface area contributed by atoms with Gasteiger partial charge in [0.05, 0.1) is 11.2 Å². The quantitative estimate of drug-likeness (QED) is 0.607. The van der Waals surface area contributed by atoms with Crippen LogP contribution in [0.3, 0.4) is 0 Å². The first-order valence-electron chi connectivity index (χ1n) is 7.62. The molecule has 2 aromatic heterocycles. The first kappa shape index (κ1) is 14.2. The van der Waals surface area contributed by atoms with Crippen LogP contribution in [0.5, 0.6) is 0 Å². The zero-order chi connectivity index (χ0) is 16.4. The number of hydrogen-bond donors (Lipinski definition) is 2. The van der Waals surface area contributed by atoms with Crippen LogP contribution in [-0.2, 0) is 6.54 Å². The molecule has 6 heteroatoms. The van der Waals surface area contributed by atoms with Crippen LogP contribution in [-0.4, -0.2) is 25.9 Å². The van der Waals surface area contributed by atoms with Crippen molar-refractivity contribution in [3.63, 3.8) is 0 Å². The van der Waals surface area contributed by atoms with Gasteiger partial charge in [-0.05, 0) is 23.8 Å². The van der Waals surface area contributed by atoms with Gasteiger partial charge in [-0.2, -0.15) is 10.2 Å². The van der Waals surface area contributed by atoms with E-state index >= 15 is 0 Å². The molecule has 0 bridgehead atoms. The van der Waals surface area contributed by atoms with Gasteiger partial charge >= 0.3 is 0 Å². The van der Waals surface area contributed by atoms with Gasteiger partial charge in [-0.1, -0.05) is 36.4 Å². The SMILES string of the molecule is O=C(NCc1ccccc1-n1cccn1)c1n[nH]c2ccccc12. The molecule has 24 heavy (non-hydrogen) atoms. The second-order valence-electron chi connectivity index (χ2n) is 5.38. The predicted molar refractivity (Wildman–Crippen MR) is 90.8 cm³/mol. The zero-order valence-corrected chi connectivity index (χ0v) is 12.8. The highest BCUT2D eigenvalue weighted by Gasteiger charge is 2.14. The highest BCUT2D eigenvalue weighted by Crippen LogP contribution is 2.16. The lowest BCUT2D eigenvalue weighted by atomic mass is 10.1. The molecule has 118 valence electrons. The van der Waals surface area contributed by atoms with Crippen LogP contribution in [0.1, 0.15) is 16.1 Å². The Kier molecular flexibility index (Phi) is 3.55. The average molecular weight is 317 g/mol. The molecule has 0 atom stereocenters. The standard InChI is InChI=1S/C18H15N5O/c24-18(17-14-7-2-3-8-15(14)21-22-17)19-12-13-6-1-4-9-16(13)23-11-5-10-20-23/h1-11H,12H2,(H,19,24)(H,21,22). The van der Waals surface area contributed by atoms with Gasteiger partial charge in [-0.25, -0.2) is 4.68 Å². The average Bonchev–Trinajstić information content (AvgIpc) is 3.29. The van der Waals surface area contributed by atoms with E-state index in [4.69, 9.17) is 0 Å². The first-order valence-corrected chi connectivity index (χ1v) is 7.62. The number of aromatic amines is 1. The Labute approximate surface area is 138 Å². The van der Waals surface area contributed by atoms with E-state index in [0.29, 0.717) is 12.2 Å². The highest BCUT2D eigenvalue weighted by atomic mass is 16.1. The maximum atomic E-state index is 12.5. The molecule has 0 aliphatic rings. The van der Waals surface area contributed by atoms with Crippen molar-refractivity contribution in [3.8, 4) is 5.69 Å². The summed E-state index contributed by atoms with van der Waals surface area (Å²) in [5.41, 5.74) is 3.17. The van der Waals surface area contributed by atoms with E-state index in [2.05, 4.69) is 20.6 Å². The van der Waals surface area contributed by atoms with Gasteiger partial charge in [0.15, 0.2) is 5.69 Å².